The number of rotatable bonds is 6. The molecule has 1 N–H and O–H groups in total. The predicted molar refractivity (Wildman–Crippen MR) is 58.0 cm³/mol. The van der Waals surface area contributed by atoms with Gasteiger partial charge in [0, 0.05) is 6.54 Å². The number of carbonyl (C=O) groups is 1. The summed E-state index contributed by atoms with van der Waals surface area (Å²) in [5.41, 5.74) is -0.0346. The summed E-state index contributed by atoms with van der Waals surface area (Å²) < 4.78 is 5.19. The lowest BCUT2D eigenvalue weighted by molar-refractivity contribution is -0.127. The second kappa shape index (κ2) is 6.20. The van der Waals surface area contributed by atoms with Gasteiger partial charge in [-0.05, 0) is 20.8 Å². The van der Waals surface area contributed by atoms with Gasteiger partial charge < -0.3 is 10.1 Å². The molecule has 0 saturated carbocycles. The van der Waals surface area contributed by atoms with Crippen LogP contribution >= 0.6 is 0 Å². The van der Waals surface area contributed by atoms with Gasteiger partial charge in [0.2, 0.25) is 5.91 Å². The summed E-state index contributed by atoms with van der Waals surface area (Å²) in [5.74, 6) is -0.274. The Morgan fingerprint density at radius 1 is 1.60 bits per heavy atom. The van der Waals surface area contributed by atoms with Gasteiger partial charge in [0.1, 0.15) is 5.41 Å². The van der Waals surface area contributed by atoms with Gasteiger partial charge in [-0.25, -0.2) is 0 Å². The molecule has 0 atom stereocenters. The molecule has 0 aromatic heterocycles. The lowest BCUT2D eigenvalue weighted by atomic mass is 9.95. The molecule has 0 rings (SSSR count). The number of hydrogen-bond donors (Lipinski definition) is 1. The van der Waals surface area contributed by atoms with Crippen LogP contribution in [0.2, 0.25) is 0 Å². The van der Waals surface area contributed by atoms with Crippen LogP contribution in [-0.4, -0.2) is 25.7 Å². The summed E-state index contributed by atoms with van der Waals surface area (Å²) in [5, 5.41) is 11.3. The molecule has 0 fully saturated rings. The topological polar surface area (TPSA) is 62.1 Å². The van der Waals surface area contributed by atoms with E-state index < -0.39 is 5.41 Å². The van der Waals surface area contributed by atoms with Gasteiger partial charge in [-0.1, -0.05) is 12.2 Å². The summed E-state index contributed by atoms with van der Waals surface area (Å²) in [6.45, 7) is 10.1. The van der Waals surface area contributed by atoms with Gasteiger partial charge in [-0.15, -0.1) is 0 Å². The normalized spacial score (nSPS) is 10.5. The van der Waals surface area contributed by atoms with Gasteiger partial charge in [0.15, 0.2) is 0 Å². The highest BCUT2D eigenvalue weighted by Crippen LogP contribution is 2.12. The fraction of sp³-hybridized carbons (Fsp3) is 0.636. The summed E-state index contributed by atoms with van der Waals surface area (Å²) in [6, 6.07) is 1.93. The lowest BCUT2D eigenvalue weighted by Gasteiger charge is -2.14. The molecule has 0 saturated heterocycles. The van der Waals surface area contributed by atoms with Crippen LogP contribution in [0.25, 0.3) is 0 Å². The minimum atomic E-state index is -0.978. The Kier molecular flexibility index (Phi) is 5.65. The Labute approximate surface area is 90.9 Å². The van der Waals surface area contributed by atoms with E-state index >= 15 is 0 Å². The number of carbonyl (C=O) groups excluding carboxylic acids is 1. The van der Waals surface area contributed by atoms with E-state index in [4.69, 9.17) is 10.00 Å². The number of nitrogens with one attached hydrogen (secondary N) is 1. The first kappa shape index (κ1) is 13.7. The summed E-state index contributed by atoms with van der Waals surface area (Å²) in [7, 11) is 0. The molecule has 0 aromatic carbocycles. The van der Waals surface area contributed by atoms with Crippen LogP contribution in [-0.2, 0) is 9.53 Å². The quantitative estimate of drug-likeness (QED) is 0.530. The summed E-state index contributed by atoms with van der Waals surface area (Å²) >= 11 is 0. The van der Waals surface area contributed by atoms with Crippen molar-refractivity contribution in [2.45, 2.75) is 20.8 Å². The van der Waals surface area contributed by atoms with Crippen molar-refractivity contribution in [3.63, 3.8) is 0 Å². The highest BCUT2D eigenvalue weighted by atomic mass is 16.5. The van der Waals surface area contributed by atoms with Crippen LogP contribution in [0.4, 0.5) is 0 Å². The van der Waals surface area contributed by atoms with Crippen molar-refractivity contribution in [3.05, 3.63) is 12.2 Å². The fourth-order valence-corrected chi connectivity index (χ4v) is 0.755. The molecule has 4 nitrogen and oxygen atoms in total. The third-order valence-corrected chi connectivity index (χ3v) is 1.73. The van der Waals surface area contributed by atoms with Crippen molar-refractivity contribution in [2.75, 3.05) is 19.8 Å². The van der Waals surface area contributed by atoms with E-state index in [0.717, 1.165) is 5.57 Å². The Balaban J connectivity index is 3.66. The first-order valence-corrected chi connectivity index (χ1v) is 4.82. The third kappa shape index (κ3) is 5.87. The van der Waals surface area contributed by atoms with Crippen molar-refractivity contribution in [1.82, 2.24) is 5.32 Å². The molecule has 0 unspecified atom stereocenters. The highest BCUT2D eigenvalue weighted by Gasteiger charge is 2.26. The summed E-state index contributed by atoms with van der Waals surface area (Å²) in [6.07, 6.45) is 0. The van der Waals surface area contributed by atoms with Crippen molar-refractivity contribution in [1.29, 1.82) is 5.26 Å². The van der Waals surface area contributed by atoms with Gasteiger partial charge in [-0.3, -0.25) is 4.79 Å². The number of amides is 1. The summed E-state index contributed by atoms with van der Waals surface area (Å²) in [4.78, 5) is 11.4. The van der Waals surface area contributed by atoms with Crippen LogP contribution in [0.3, 0.4) is 0 Å². The largest absolute Gasteiger partial charge is 0.375 e. The molecule has 4 heteroatoms. The van der Waals surface area contributed by atoms with E-state index in [1.807, 2.05) is 13.0 Å². The van der Waals surface area contributed by atoms with Crippen LogP contribution < -0.4 is 5.32 Å². The van der Waals surface area contributed by atoms with Crippen LogP contribution in [0.1, 0.15) is 20.8 Å². The van der Waals surface area contributed by atoms with Crippen molar-refractivity contribution >= 4 is 5.91 Å². The van der Waals surface area contributed by atoms with Gasteiger partial charge in [-0.2, -0.15) is 5.26 Å². The lowest BCUT2D eigenvalue weighted by Crippen LogP contribution is -2.37. The fourth-order valence-electron chi connectivity index (χ4n) is 0.755. The molecule has 0 bridgehead atoms. The van der Waals surface area contributed by atoms with E-state index in [0.29, 0.717) is 19.8 Å². The maximum absolute atomic E-state index is 11.4. The minimum absolute atomic E-state index is 0.274. The monoisotopic (exact) mass is 210 g/mol. The van der Waals surface area contributed by atoms with E-state index in [1.165, 1.54) is 0 Å². The molecular weight excluding hydrogens is 192 g/mol. The second-order valence-corrected chi connectivity index (χ2v) is 4.00. The van der Waals surface area contributed by atoms with E-state index in [9.17, 15) is 4.79 Å². The smallest absolute Gasteiger partial charge is 0.239 e. The number of ether oxygens (including phenoxy) is 1. The predicted octanol–water partition coefficient (Wildman–Crippen LogP) is 1.25. The number of nitrogens with zero attached hydrogens (tertiary/aromatic N) is 1. The average Bonchev–Trinajstić information content (AvgIpc) is 2.16. The first-order chi connectivity index (χ1) is 6.90. The Morgan fingerprint density at radius 2 is 2.20 bits per heavy atom. The molecular formula is C11H18N2O2. The zero-order valence-corrected chi connectivity index (χ0v) is 9.59. The standard InChI is InChI=1S/C11H18N2O2/c1-9(2)7-15-6-5-13-10(14)11(3,4)8-12/h1,5-7H2,2-4H3,(H,13,14). The molecule has 0 radical (unpaired) electrons. The van der Waals surface area contributed by atoms with Crippen molar-refractivity contribution in [2.24, 2.45) is 5.41 Å². The molecule has 0 spiro atoms. The molecule has 1 amide bonds. The van der Waals surface area contributed by atoms with Gasteiger partial charge >= 0.3 is 0 Å². The Morgan fingerprint density at radius 3 is 2.67 bits per heavy atom. The third-order valence-electron chi connectivity index (χ3n) is 1.73. The Hall–Kier alpha value is -1.34. The second-order valence-electron chi connectivity index (χ2n) is 4.00. The molecule has 84 valence electrons. The van der Waals surface area contributed by atoms with Crippen molar-refractivity contribution in [3.8, 4) is 6.07 Å². The zero-order valence-electron chi connectivity index (χ0n) is 9.59. The molecule has 0 aliphatic rings. The maximum atomic E-state index is 11.4. The molecule has 0 aliphatic carbocycles. The maximum Gasteiger partial charge on any atom is 0.239 e. The van der Waals surface area contributed by atoms with E-state index in [-0.39, 0.29) is 5.91 Å². The van der Waals surface area contributed by atoms with Crippen LogP contribution in [0.15, 0.2) is 12.2 Å². The Bertz CT molecular complexity index is 277. The van der Waals surface area contributed by atoms with Crippen LogP contribution in [0, 0.1) is 16.7 Å². The molecule has 0 aliphatic heterocycles. The number of nitriles is 1. The first-order valence-electron chi connectivity index (χ1n) is 4.82. The molecule has 0 heterocycles. The van der Waals surface area contributed by atoms with Crippen molar-refractivity contribution < 1.29 is 9.53 Å². The van der Waals surface area contributed by atoms with E-state index in [1.54, 1.807) is 13.8 Å². The molecule has 15 heavy (non-hydrogen) atoms. The van der Waals surface area contributed by atoms with Gasteiger partial charge in [0.05, 0.1) is 19.3 Å². The van der Waals surface area contributed by atoms with Crippen LogP contribution in [0.5, 0.6) is 0 Å². The average molecular weight is 210 g/mol. The zero-order chi connectivity index (χ0) is 11.9. The van der Waals surface area contributed by atoms with E-state index in [2.05, 4.69) is 11.9 Å². The number of hydrogen-bond acceptors (Lipinski definition) is 3. The highest BCUT2D eigenvalue weighted by molar-refractivity contribution is 5.84. The minimum Gasteiger partial charge on any atom is -0.375 e. The molecule has 0 aromatic rings. The SMILES string of the molecule is C=C(C)COCCNC(=O)C(C)(C)C#N. The van der Waals surface area contributed by atoms with Gasteiger partial charge in [0.25, 0.3) is 0 Å².